The van der Waals surface area contributed by atoms with Crippen molar-refractivity contribution < 1.29 is 13.2 Å². The summed E-state index contributed by atoms with van der Waals surface area (Å²) >= 11 is 1.16. The van der Waals surface area contributed by atoms with Crippen LogP contribution in [0.3, 0.4) is 0 Å². The molecule has 0 aliphatic heterocycles. The standard InChI is InChI=1S/C20H24N6O3S2/c1-25(15-8-3-2-4-9-15)31(28,29)17-11-6-5-10-16(17)22-18(27)14-30-20-23-19-21-12-7-13-26(19)24-20/h5-7,10-13,15H,2-4,8-9,14H2,1H3,(H,22,27). The maximum absolute atomic E-state index is 13.3. The van der Waals surface area contributed by atoms with E-state index in [9.17, 15) is 13.2 Å². The second-order valence-corrected chi connectivity index (χ2v) is 10.3. The number of nitrogens with zero attached hydrogens (tertiary/aromatic N) is 5. The van der Waals surface area contributed by atoms with Crippen LogP contribution in [0, 0.1) is 0 Å². The van der Waals surface area contributed by atoms with E-state index < -0.39 is 10.0 Å². The number of rotatable bonds is 7. The van der Waals surface area contributed by atoms with Gasteiger partial charge in [-0.25, -0.2) is 17.9 Å². The Labute approximate surface area is 185 Å². The van der Waals surface area contributed by atoms with Gasteiger partial charge >= 0.3 is 0 Å². The minimum absolute atomic E-state index is 0.00667. The number of aromatic nitrogens is 4. The molecule has 1 aromatic carbocycles. The number of hydrogen-bond donors (Lipinski definition) is 1. The Morgan fingerprint density at radius 1 is 1.23 bits per heavy atom. The molecule has 0 unspecified atom stereocenters. The quantitative estimate of drug-likeness (QED) is 0.540. The van der Waals surface area contributed by atoms with Crippen LogP contribution in [0.15, 0.2) is 52.8 Å². The Balaban J connectivity index is 1.45. The van der Waals surface area contributed by atoms with Gasteiger partial charge in [0.15, 0.2) is 0 Å². The fourth-order valence-electron chi connectivity index (χ4n) is 3.68. The number of anilines is 1. The number of amides is 1. The first-order valence-electron chi connectivity index (χ1n) is 10.1. The van der Waals surface area contributed by atoms with Crippen LogP contribution >= 0.6 is 11.8 Å². The van der Waals surface area contributed by atoms with Gasteiger partial charge in [0.2, 0.25) is 21.1 Å². The van der Waals surface area contributed by atoms with Crippen molar-refractivity contribution in [1.29, 1.82) is 0 Å². The zero-order valence-corrected chi connectivity index (χ0v) is 18.8. The van der Waals surface area contributed by atoms with E-state index in [1.165, 1.54) is 14.9 Å². The molecule has 0 spiro atoms. The molecule has 1 aliphatic carbocycles. The predicted octanol–water partition coefficient (Wildman–Crippen LogP) is 2.81. The van der Waals surface area contributed by atoms with E-state index in [0.717, 1.165) is 43.9 Å². The third kappa shape index (κ3) is 4.89. The molecule has 2 heterocycles. The molecule has 31 heavy (non-hydrogen) atoms. The highest BCUT2D eigenvalue weighted by Gasteiger charge is 2.31. The summed E-state index contributed by atoms with van der Waals surface area (Å²) in [5.74, 6) is 0.163. The molecule has 3 aromatic rings. The fraction of sp³-hybridized carbons (Fsp3) is 0.400. The van der Waals surface area contributed by atoms with Crippen LogP contribution in [-0.4, -0.2) is 57.1 Å². The maximum Gasteiger partial charge on any atom is 0.253 e. The minimum Gasteiger partial charge on any atom is -0.324 e. The van der Waals surface area contributed by atoms with Crippen molar-refractivity contribution in [2.75, 3.05) is 18.1 Å². The van der Waals surface area contributed by atoms with Gasteiger partial charge in [0.1, 0.15) is 4.90 Å². The summed E-state index contributed by atoms with van der Waals surface area (Å²) in [5.41, 5.74) is 0.278. The third-order valence-electron chi connectivity index (χ3n) is 5.34. The monoisotopic (exact) mass is 460 g/mol. The highest BCUT2D eigenvalue weighted by atomic mass is 32.2. The van der Waals surface area contributed by atoms with Crippen LogP contribution in [0.4, 0.5) is 5.69 Å². The lowest BCUT2D eigenvalue weighted by molar-refractivity contribution is -0.113. The maximum atomic E-state index is 13.3. The molecule has 0 saturated heterocycles. The van der Waals surface area contributed by atoms with Crippen LogP contribution < -0.4 is 5.32 Å². The second-order valence-electron chi connectivity index (χ2n) is 7.40. The van der Waals surface area contributed by atoms with Gasteiger partial charge in [-0.2, -0.15) is 9.29 Å². The first-order valence-corrected chi connectivity index (χ1v) is 12.5. The van der Waals surface area contributed by atoms with Crippen molar-refractivity contribution in [1.82, 2.24) is 23.9 Å². The number of carbonyl (C=O) groups excluding carboxylic acids is 1. The number of sulfonamides is 1. The van der Waals surface area contributed by atoms with E-state index >= 15 is 0 Å². The highest BCUT2D eigenvalue weighted by Crippen LogP contribution is 2.30. The van der Waals surface area contributed by atoms with Crippen molar-refractivity contribution in [2.45, 2.75) is 48.2 Å². The molecule has 0 radical (unpaired) electrons. The van der Waals surface area contributed by atoms with Gasteiger partial charge in [0.05, 0.1) is 11.4 Å². The van der Waals surface area contributed by atoms with Gasteiger partial charge in [-0.05, 0) is 31.0 Å². The molecule has 4 rings (SSSR count). The molecule has 0 bridgehead atoms. The molecule has 1 fully saturated rings. The zero-order chi connectivity index (χ0) is 21.8. The van der Waals surface area contributed by atoms with Gasteiger partial charge in [-0.3, -0.25) is 4.79 Å². The summed E-state index contributed by atoms with van der Waals surface area (Å²) in [6.07, 6.45) is 8.28. The summed E-state index contributed by atoms with van der Waals surface area (Å²) in [5, 5.41) is 7.40. The van der Waals surface area contributed by atoms with Crippen molar-refractivity contribution in [3.8, 4) is 0 Å². The molecule has 2 aromatic heterocycles. The van der Waals surface area contributed by atoms with E-state index in [1.54, 1.807) is 43.7 Å². The summed E-state index contributed by atoms with van der Waals surface area (Å²) in [6, 6.07) is 8.25. The van der Waals surface area contributed by atoms with E-state index in [0.29, 0.717) is 10.9 Å². The van der Waals surface area contributed by atoms with Crippen LogP contribution in [0.5, 0.6) is 0 Å². The molecule has 1 amide bonds. The van der Waals surface area contributed by atoms with E-state index in [1.807, 2.05) is 0 Å². The van der Waals surface area contributed by atoms with Gasteiger partial charge in [-0.15, -0.1) is 5.10 Å². The summed E-state index contributed by atoms with van der Waals surface area (Å²) in [4.78, 5) is 21.0. The number of hydrogen-bond acceptors (Lipinski definition) is 7. The Kier molecular flexibility index (Phi) is 6.54. The van der Waals surface area contributed by atoms with E-state index in [4.69, 9.17) is 0 Å². The normalized spacial score (nSPS) is 15.4. The SMILES string of the molecule is CN(C1CCCCC1)S(=O)(=O)c1ccccc1NC(=O)CSc1nc2ncccn2n1. The fourth-order valence-corrected chi connectivity index (χ4v) is 5.87. The number of benzene rings is 1. The van der Waals surface area contributed by atoms with Gasteiger partial charge < -0.3 is 5.32 Å². The van der Waals surface area contributed by atoms with Crippen molar-refractivity contribution in [2.24, 2.45) is 0 Å². The lowest BCUT2D eigenvalue weighted by atomic mass is 9.96. The van der Waals surface area contributed by atoms with Crippen molar-refractivity contribution >= 4 is 39.2 Å². The topological polar surface area (TPSA) is 110 Å². The summed E-state index contributed by atoms with van der Waals surface area (Å²) < 4.78 is 29.5. The van der Waals surface area contributed by atoms with Crippen LogP contribution in [0.25, 0.3) is 5.78 Å². The molecule has 1 saturated carbocycles. The molecular weight excluding hydrogens is 436 g/mol. The van der Waals surface area contributed by atoms with Crippen molar-refractivity contribution in [3.63, 3.8) is 0 Å². The van der Waals surface area contributed by atoms with Gasteiger partial charge in [0.25, 0.3) is 5.78 Å². The number of thioether (sulfide) groups is 1. The smallest absolute Gasteiger partial charge is 0.253 e. The predicted molar refractivity (Wildman–Crippen MR) is 118 cm³/mol. The average molecular weight is 461 g/mol. The first kappa shape index (κ1) is 21.7. The van der Waals surface area contributed by atoms with Crippen LogP contribution in [0.1, 0.15) is 32.1 Å². The Morgan fingerprint density at radius 3 is 2.77 bits per heavy atom. The van der Waals surface area contributed by atoms with Crippen molar-refractivity contribution in [3.05, 3.63) is 42.7 Å². The molecule has 9 nitrogen and oxygen atoms in total. The molecule has 0 atom stereocenters. The zero-order valence-electron chi connectivity index (χ0n) is 17.1. The number of carbonyl (C=O) groups is 1. The van der Waals surface area contributed by atoms with Crippen LogP contribution in [0.2, 0.25) is 0 Å². The van der Waals surface area contributed by atoms with E-state index in [-0.39, 0.29) is 28.3 Å². The average Bonchev–Trinajstić information content (AvgIpc) is 3.21. The summed E-state index contributed by atoms with van der Waals surface area (Å²) in [7, 11) is -2.10. The van der Waals surface area contributed by atoms with E-state index in [2.05, 4.69) is 20.4 Å². The lowest BCUT2D eigenvalue weighted by Gasteiger charge is -2.30. The second kappa shape index (κ2) is 9.33. The molecule has 1 aliphatic rings. The van der Waals surface area contributed by atoms with Gasteiger partial charge in [0, 0.05) is 25.5 Å². The number of para-hydroxylation sites is 1. The lowest BCUT2D eigenvalue weighted by Crippen LogP contribution is -2.38. The number of nitrogens with one attached hydrogen (secondary N) is 1. The Morgan fingerprint density at radius 2 is 2.00 bits per heavy atom. The highest BCUT2D eigenvalue weighted by molar-refractivity contribution is 7.99. The molecular formula is C20H24N6O3S2. The summed E-state index contributed by atoms with van der Waals surface area (Å²) in [6.45, 7) is 0. The number of fused-ring (bicyclic) bond motifs is 1. The Bertz CT molecular complexity index is 1140. The molecule has 1 N–H and O–H groups in total. The molecule has 11 heteroatoms. The first-order chi connectivity index (χ1) is 14.9. The minimum atomic E-state index is -3.72. The van der Waals surface area contributed by atoms with Crippen LogP contribution in [-0.2, 0) is 14.8 Å². The largest absolute Gasteiger partial charge is 0.324 e. The third-order valence-corrected chi connectivity index (χ3v) is 8.14. The van der Waals surface area contributed by atoms with Gasteiger partial charge in [-0.1, -0.05) is 43.2 Å². The molecule has 164 valence electrons. The Hall–Kier alpha value is -2.50.